The van der Waals surface area contributed by atoms with Gasteiger partial charge in [-0.05, 0) is 42.8 Å². The molecule has 0 unspecified atom stereocenters. The van der Waals surface area contributed by atoms with Crippen LogP contribution in [0.25, 0.3) is 6.08 Å². The summed E-state index contributed by atoms with van der Waals surface area (Å²) in [6.45, 7) is 1.31. The largest absolute Gasteiger partial charge is 0.465 e. The van der Waals surface area contributed by atoms with Gasteiger partial charge in [-0.1, -0.05) is 12.1 Å². The predicted octanol–water partition coefficient (Wildman–Crippen LogP) is 3.34. The summed E-state index contributed by atoms with van der Waals surface area (Å²) >= 11 is 0. The maximum atomic E-state index is 13.5. The first-order chi connectivity index (χ1) is 13.3. The van der Waals surface area contributed by atoms with E-state index in [2.05, 4.69) is 10.1 Å². The molecular weight excluding hydrogens is 372 g/mol. The fourth-order valence-electron chi connectivity index (χ4n) is 2.10. The van der Waals surface area contributed by atoms with Crippen molar-refractivity contribution in [3.05, 3.63) is 71.3 Å². The summed E-state index contributed by atoms with van der Waals surface area (Å²) in [5.74, 6) is -3.76. The molecule has 6 nitrogen and oxygen atoms in total. The molecule has 1 N–H and O–H groups in total. The minimum Gasteiger partial charge on any atom is -0.465 e. The lowest BCUT2D eigenvalue weighted by atomic mass is 10.1. The van der Waals surface area contributed by atoms with Crippen LogP contribution in [-0.2, 0) is 19.1 Å². The monoisotopic (exact) mass is 389 g/mol. The number of carbonyl (C=O) groups is 3. The van der Waals surface area contributed by atoms with Crippen LogP contribution in [-0.4, -0.2) is 31.1 Å². The van der Waals surface area contributed by atoms with Crippen molar-refractivity contribution in [3.63, 3.8) is 0 Å². The number of carbonyl (C=O) groups excluding carboxylic acids is 3. The zero-order chi connectivity index (χ0) is 20.7. The molecule has 0 spiro atoms. The van der Waals surface area contributed by atoms with E-state index >= 15 is 0 Å². The number of halogens is 2. The summed E-state index contributed by atoms with van der Waals surface area (Å²) in [5.41, 5.74) is 0.756. The van der Waals surface area contributed by atoms with Crippen molar-refractivity contribution in [1.82, 2.24) is 0 Å². The molecular formula is C20H17F2NO5. The number of rotatable bonds is 6. The summed E-state index contributed by atoms with van der Waals surface area (Å²) in [7, 11) is 1.27. The van der Waals surface area contributed by atoms with Crippen molar-refractivity contribution < 1.29 is 32.6 Å². The van der Waals surface area contributed by atoms with Crippen molar-refractivity contribution in [2.24, 2.45) is 0 Å². The Labute approximate surface area is 159 Å². The van der Waals surface area contributed by atoms with E-state index in [1.54, 1.807) is 12.1 Å². The molecule has 0 aliphatic carbocycles. The standard InChI is InChI=1S/C20H17F2NO5/c1-12(19(25)23-17-9-8-15(21)11-16(17)22)28-18(24)10-5-13-3-6-14(7-4-13)20(26)27-2/h3-12H,1-2H3,(H,23,25)/b10-5+/t12-/m1/s1. The van der Waals surface area contributed by atoms with Crippen LogP contribution < -0.4 is 5.32 Å². The minimum atomic E-state index is -1.21. The smallest absolute Gasteiger partial charge is 0.337 e. The molecule has 1 atom stereocenters. The zero-order valence-corrected chi connectivity index (χ0v) is 15.1. The Kier molecular flexibility index (Phi) is 6.97. The molecule has 0 saturated heterocycles. The lowest BCUT2D eigenvalue weighted by Gasteiger charge is -2.12. The highest BCUT2D eigenvalue weighted by atomic mass is 19.1. The van der Waals surface area contributed by atoms with Gasteiger partial charge in [-0.25, -0.2) is 18.4 Å². The molecule has 2 rings (SSSR count). The van der Waals surface area contributed by atoms with E-state index in [-0.39, 0.29) is 5.69 Å². The van der Waals surface area contributed by atoms with E-state index in [0.29, 0.717) is 17.2 Å². The number of amides is 1. The molecule has 1 amide bonds. The maximum absolute atomic E-state index is 13.5. The quantitative estimate of drug-likeness (QED) is 0.605. The fourth-order valence-corrected chi connectivity index (χ4v) is 2.10. The second kappa shape index (κ2) is 9.40. The van der Waals surface area contributed by atoms with Crippen molar-refractivity contribution in [1.29, 1.82) is 0 Å². The van der Waals surface area contributed by atoms with Gasteiger partial charge in [0.05, 0.1) is 18.4 Å². The van der Waals surface area contributed by atoms with Crippen LogP contribution in [0.4, 0.5) is 14.5 Å². The topological polar surface area (TPSA) is 81.7 Å². The molecule has 2 aromatic carbocycles. The Hall–Kier alpha value is -3.55. The number of hydrogen-bond acceptors (Lipinski definition) is 5. The Morgan fingerprint density at radius 2 is 1.75 bits per heavy atom. The second-order valence-corrected chi connectivity index (χ2v) is 5.64. The van der Waals surface area contributed by atoms with Crippen LogP contribution in [0.2, 0.25) is 0 Å². The lowest BCUT2D eigenvalue weighted by molar-refractivity contribution is -0.148. The Morgan fingerprint density at radius 3 is 2.36 bits per heavy atom. The molecule has 0 bridgehead atoms. The number of esters is 2. The van der Waals surface area contributed by atoms with E-state index in [9.17, 15) is 23.2 Å². The summed E-state index contributed by atoms with van der Waals surface area (Å²) < 4.78 is 35.9. The third kappa shape index (κ3) is 5.73. The number of nitrogens with one attached hydrogen (secondary N) is 1. The molecule has 0 heterocycles. The predicted molar refractivity (Wildman–Crippen MR) is 97.4 cm³/mol. The summed E-state index contributed by atoms with van der Waals surface area (Å²) in [6.07, 6.45) is 1.34. The van der Waals surface area contributed by atoms with Crippen LogP contribution in [0.5, 0.6) is 0 Å². The van der Waals surface area contributed by atoms with Gasteiger partial charge in [0.2, 0.25) is 0 Å². The van der Waals surface area contributed by atoms with Crippen LogP contribution in [0.3, 0.4) is 0 Å². The molecule has 28 heavy (non-hydrogen) atoms. The van der Waals surface area contributed by atoms with Gasteiger partial charge < -0.3 is 14.8 Å². The highest BCUT2D eigenvalue weighted by Gasteiger charge is 2.18. The van der Waals surface area contributed by atoms with Gasteiger partial charge in [-0.3, -0.25) is 4.79 Å². The highest BCUT2D eigenvalue weighted by molar-refractivity contribution is 5.96. The zero-order valence-electron chi connectivity index (χ0n) is 15.1. The first-order valence-corrected chi connectivity index (χ1v) is 8.13. The number of ether oxygens (including phenoxy) is 2. The second-order valence-electron chi connectivity index (χ2n) is 5.64. The van der Waals surface area contributed by atoms with E-state index < -0.39 is 35.6 Å². The van der Waals surface area contributed by atoms with E-state index in [4.69, 9.17) is 4.74 Å². The first-order valence-electron chi connectivity index (χ1n) is 8.13. The third-order valence-electron chi connectivity index (χ3n) is 3.59. The first kappa shape index (κ1) is 20.8. The number of benzene rings is 2. The third-order valence-corrected chi connectivity index (χ3v) is 3.59. The summed E-state index contributed by atoms with van der Waals surface area (Å²) in [6, 6.07) is 8.94. The SMILES string of the molecule is COC(=O)c1ccc(/C=C/C(=O)O[C@H](C)C(=O)Nc2ccc(F)cc2F)cc1. The van der Waals surface area contributed by atoms with Crippen molar-refractivity contribution in [2.45, 2.75) is 13.0 Å². The van der Waals surface area contributed by atoms with Crippen molar-refractivity contribution >= 4 is 29.6 Å². The van der Waals surface area contributed by atoms with Gasteiger partial charge in [-0.2, -0.15) is 0 Å². The molecule has 0 fully saturated rings. The van der Waals surface area contributed by atoms with Crippen molar-refractivity contribution in [2.75, 3.05) is 12.4 Å². The average molecular weight is 389 g/mol. The molecule has 8 heteroatoms. The van der Waals surface area contributed by atoms with Gasteiger partial charge in [0.15, 0.2) is 6.10 Å². The molecule has 0 aromatic heterocycles. The van der Waals surface area contributed by atoms with Gasteiger partial charge in [0.25, 0.3) is 5.91 Å². The molecule has 0 saturated carbocycles. The van der Waals surface area contributed by atoms with Gasteiger partial charge in [0.1, 0.15) is 11.6 Å². The van der Waals surface area contributed by atoms with Crippen molar-refractivity contribution in [3.8, 4) is 0 Å². The van der Waals surface area contributed by atoms with E-state index in [1.807, 2.05) is 0 Å². The fraction of sp³-hybridized carbons (Fsp3) is 0.150. The summed E-state index contributed by atoms with van der Waals surface area (Å²) in [4.78, 5) is 35.2. The minimum absolute atomic E-state index is 0.226. The lowest BCUT2D eigenvalue weighted by Crippen LogP contribution is -2.29. The number of hydrogen-bond donors (Lipinski definition) is 1. The Morgan fingerprint density at radius 1 is 1.07 bits per heavy atom. The summed E-state index contributed by atoms with van der Waals surface area (Å²) in [5, 5.41) is 2.21. The van der Waals surface area contributed by atoms with Crippen LogP contribution in [0.1, 0.15) is 22.8 Å². The maximum Gasteiger partial charge on any atom is 0.337 e. The number of methoxy groups -OCH3 is 1. The normalized spacial score (nSPS) is 11.7. The van der Waals surface area contributed by atoms with Crippen LogP contribution in [0.15, 0.2) is 48.5 Å². The molecule has 0 aliphatic heterocycles. The Bertz CT molecular complexity index is 909. The molecule has 0 radical (unpaired) electrons. The average Bonchev–Trinajstić information content (AvgIpc) is 2.68. The van der Waals surface area contributed by atoms with Gasteiger partial charge in [-0.15, -0.1) is 0 Å². The number of anilines is 1. The molecule has 0 aliphatic rings. The van der Waals surface area contributed by atoms with Gasteiger partial charge in [0, 0.05) is 12.1 Å². The van der Waals surface area contributed by atoms with Crippen LogP contribution >= 0.6 is 0 Å². The van der Waals surface area contributed by atoms with E-state index in [1.165, 1.54) is 32.2 Å². The van der Waals surface area contributed by atoms with Crippen LogP contribution in [0, 0.1) is 11.6 Å². The molecule has 2 aromatic rings. The van der Waals surface area contributed by atoms with E-state index in [0.717, 1.165) is 18.2 Å². The molecule has 146 valence electrons. The highest BCUT2D eigenvalue weighted by Crippen LogP contribution is 2.15. The Balaban J connectivity index is 1.91. The van der Waals surface area contributed by atoms with Gasteiger partial charge >= 0.3 is 11.9 Å².